The first-order valence-corrected chi connectivity index (χ1v) is 6.64. The van der Waals surface area contributed by atoms with Crippen LogP contribution in [0.25, 0.3) is 0 Å². The summed E-state index contributed by atoms with van der Waals surface area (Å²) in [5, 5.41) is 3.54. The molecule has 16 heavy (non-hydrogen) atoms. The fourth-order valence-corrected chi connectivity index (χ4v) is 1.90. The number of hydrogen-bond acceptors (Lipinski definition) is 3. The lowest BCUT2D eigenvalue weighted by Gasteiger charge is -2.24. The Morgan fingerprint density at radius 2 is 2.06 bits per heavy atom. The second-order valence-corrected chi connectivity index (χ2v) is 5.33. The van der Waals surface area contributed by atoms with Crippen LogP contribution in [0.5, 0.6) is 0 Å². The molecule has 0 unspecified atom stereocenters. The molecular weight excluding hydrogens is 200 g/mol. The Morgan fingerprint density at radius 1 is 1.31 bits per heavy atom. The molecule has 1 rings (SSSR count). The lowest BCUT2D eigenvalue weighted by molar-refractivity contribution is 0.140. The monoisotopic (exact) mass is 228 g/mol. The highest BCUT2D eigenvalue weighted by atomic mass is 16.5. The van der Waals surface area contributed by atoms with Crippen LogP contribution in [0.2, 0.25) is 0 Å². The first kappa shape index (κ1) is 13.9. The number of ether oxygens (including phenoxy) is 1. The minimum absolute atomic E-state index is 0.736. The number of hydrogen-bond donors (Lipinski definition) is 1. The Labute approximate surface area is 101 Å². The Morgan fingerprint density at radius 3 is 2.62 bits per heavy atom. The van der Waals surface area contributed by atoms with Crippen molar-refractivity contribution in [3.05, 3.63) is 0 Å². The van der Waals surface area contributed by atoms with Crippen LogP contribution >= 0.6 is 0 Å². The summed E-state index contributed by atoms with van der Waals surface area (Å²) in [6, 6.07) is 0. The normalized spacial score (nSPS) is 16.3. The van der Waals surface area contributed by atoms with Gasteiger partial charge in [-0.25, -0.2) is 0 Å². The van der Waals surface area contributed by atoms with Crippen molar-refractivity contribution in [2.24, 2.45) is 11.8 Å². The van der Waals surface area contributed by atoms with Gasteiger partial charge in [0.2, 0.25) is 0 Å². The second-order valence-electron chi connectivity index (χ2n) is 5.33. The minimum Gasteiger partial charge on any atom is -0.383 e. The first-order chi connectivity index (χ1) is 7.72. The average molecular weight is 228 g/mol. The second kappa shape index (κ2) is 8.04. The van der Waals surface area contributed by atoms with Gasteiger partial charge in [0.1, 0.15) is 0 Å². The predicted molar refractivity (Wildman–Crippen MR) is 68.7 cm³/mol. The molecular formula is C13H28N2O. The van der Waals surface area contributed by atoms with E-state index in [0.29, 0.717) is 0 Å². The molecule has 96 valence electrons. The lowest BCUT2D eigenvalue weighted by atomic mass is 10.2. The average Bonchev–Trinajstić information content (AvgIpc) is 3.03. The SMILES string of the molecule is COCCN(CCNCC1CC1)CC(C)C. The van der Waals surface area contributed by atoms with Gasteiger partial charge >= 0.3 is 0 Å². The third-order valence-electron chi connectivity index (χ3n) is 2.97. The fourth-order valence-electron chi connectivity index (χ4n) is 1.90. The maximum Gasteiger partial charge on any atom is 0.0589 e. The van der Waals surface area contributed by atoms with Gasteiger partial charge in [0, 0.05) is 33.3 Å². The summed E-state index contributed by atoms with van der Waals surface area (Å²) < 4.78 is 5.15. The van der Waals surface area contributed by atoms with Crippen molar-refractivity contribution >= 4 is 0 Å². The van der Waals surface area contributed by atoms with Gasteiger partial charge in [-0.3, -0.25) is 4.90 Å². The Hall–Kier alpha value is -0.120. The Bertz CT molecular complexity index is 169. The summed E-state index contributed by atoms with van der Waals surface area (Å²) >= 11 is 0. The quantitative estimate of drug-likeness (QED) is 0.575. The zero-order chi connectivity index (χ0) is 11.8. The van der Waals surface area contributed by atoms with E-state index in [2.05, 4.69) is 24.1 Å². The molecule has 0 aromatic rings. The molecule has 1 aliphatic carbocycles. The van der Waals surface area contributed by atoms with E-state index in [0.717, 1.165) is 38.1 Å². The van der Waals surface area contributed by atoms with Crippen LogP contribution in [0.1, 0.15) is 26.7 Å². The predicted octanol–water partition coefficient (Wildman–Crippen LogP) is 1.59. The van der Waals surface area contributed by atoms with E-state index in [9.17, 15) is 0 Å². The summed E-state index contributed by atoms with van der Waals surface area (Å²) in [7, 11) is 1.78. The van der Waals surface area contributed by atoms with Crippen LogP contribution in [-0.4, -0.2) is 51.3 Å². The van der Waals surface area contributed by atoms with Crippen molar-refractivity contribution in [2.45, 2.75) is 26.7 Å². The van der Waals surface area contributed by atoms with E-state index < -0.39 is 0 Å². The molecule has 0 bridgehead atoms. The fraction of sp³-hybridized carbons (Fsp3) is 1.00. The molecule has 0 aliphatic heterocycles. The van der Waals surface area contributed by atoms with Crippen LogP contribution < -0.4 is 5.32 Å². The molecule has 0 saturated heterocycles. The van der Waals surface area contributed by atoms with Gasteiger partial charge in [0.25, 0.3) is 0 Å². The van der Waals surface area contributed by atoms with Gasteiger partial charge in [0.05, 0.1) is 6.61 Å². The lowest BCUT2D eigenvalue weighted by Crippen LogP contribution is -2.37. The van der Waals surface area contributed by atoms with E-state index in [1.807, 2.05) is 0 Å². The molecule has 1 N–H and O–H groups in total. The topological polar surface area (TPSA) is 24.5 Å². The Kier molecular flexibility index (Phi) is 7.01. The van der Waals surface area contributed by atoms with Gasteiger partial charge in [-0.05, 0) is 31.2 Å². The number of methoxy groups -OCH3 is 1. The minimum atomic E-state index is 0.736. The third-order valence-corrected chi connectivity index (χ3v) is 2.97. The van der Waals surface area contributed by atoms with Crippen molar-refractivity contribution in [3.63, 3.8) is 0 Å². The molecule has 1 aliphatic rings. The van der Waals surface area contributed by atoms with E-state index in [1.54, 1.807) is 7.11 Å². The molecule has 0 atom stereocenters. The molecule has 3 nitrogen and oxygen atoms in total. The van der Waals surface area contributed by atoms with Gasteiger partial charge < -0.3 is 10.1 Å². The van der Waals surface area contributed by atoms with Gasteiger partial charge in [0.15, 0.2) is 0 Å². The zero-order valence-electron chi connectivity index (χ0n) is 11.2. The summed E-state index contributed by atoms with van der Waals surface area (Å²) in [5.41, 5.74) is 0. The summed E-state index contributed by atoms with van der Waals surface area (Å²) in [6.45, 7) is 11.1. The van der Waals surface area contributed by atoms with Crippen molar-refractivity contribution in [3.8, 4) is 0 Å². The van der Waals surface area contributed by atoms with Crippen LogP contribution in [0.4, 0.5) is 0 Å². The molecule has 0 spiro atoms. The zero-order valence-corrected chi connectivity index (χ0v) is 11.2. The molecule has 0 aromatic heterocycles. The van der Waals surface area contributed by atoms with Crippen molar-refractivity contribution < 1.29 is 4.74 Å². The highest BCUT2D eigenvalue weighted by Crippen LogP contribution is 2.27. The standard InChI is InChI=1S/C13H28N2O/c1-12(2)11-15(8-9-16-3)7-6-14-10-13-4-5-13/h12-14H,4-11H2,1-3H3. The number of nitrogens with zero attached hydrogens (tertiary/aromatic N) is 1. The number of rotatable bonds is 10. The molecule has 0 aromatic carbocycles. The molecule has 0 amide bonds. The Balaban J connectivity index is 2.03. The molecule has 1 saturated carbocycles. The maximum atomic E-state index is 5.15. The van der Waals surface area contributed by atoms with E-state index in [1.165, 1.54) is 25.9 Å². The van der Waals surface area contributed by atoms with Gasteiger partial charge in [-0.1, -0.05) is 13.8 Å². The van der Waals surface area contributed by atoms with E-state index in [4.69, 9.17) is 4.74 Å². The van der Waals surface area contributed by atoms with E-state index in [-0.39, 0.29) is 0 Å². The smallest absolute Gasteiger partial charge is 0.0589 e. The van der Waals surface area contributed by atoms with Crippen LogP contribution in [0.15, 0.2) is 0 Å². The van der Waals surface area contributed by atoms with Crippen molar-refractivity contribution in [1.82, 2.24) is 10.2 Å². The van der Waals surface area contributed by atoms with Gasteiger partial charge in [-0.15, -0.1) is 0 Å². The third kappa shape index (κ3) is 7.20. The van der Waals surface area contributed by atoms with Crippen LogP contribution in [0.3, 0.4) is 0 Å². The van der Waals surface area contributed by atoms with Crippen molar-refractivity contribution in [2.75, 3.05) is 46.4 Å². The summed E-state index contributed by atoms with van der Waals surface area (Å²) in [5.74, 6) is 1.72. The summed E-state index contributed by atoms with van der Waals surface area (Å²) in [4.78, 5) is 2.49. The number of nitrogens with one attached hydrogen (secondary N) is 1. The molecule has 3 heteroatoms. The largest absolute Gasteiger partial charge is 0.383 e. The van der Waals surface area contributed by atoms with Gasteiger partial charge in [-0.2, -0.15) is 0 Å². The van der Waals surface area contributed by atoms with Crippen LogP contribution in [0, 0.1) is 11.8 Å². The highest BCUT2D eigenvalue weighted by molar-refractivity contribution is 4.75. The summed E-state index contributed by atoms with van der Waals surface area (Å²) in [6.07, 6.45) is 2.87. The molecule has 0 radical (unpaired) electrons. The maximum absolute atomic E-state index is 5.15. The van der Waals surface area contributed by atoms with Crippen molar-refractivity contribution in [1.29, 1.82) is 0 Å². The molecule has 1 fully saturated rings. The molecule has 0 heterocycles. The highest BCUT2D eigenvalue weighted by Gasteiger charge is 2.20. The first-order valence-electron chi connectivity index (χ1n) is 6.64. The van der Waals surface area contributed by atoms with E-state index >= 15 is 0 Å². The van der Waals surface area contributed by atoms with Crippen LogP contribution in [-0.2, 0) is 4.74 Å².